The number of unbranched alkanes of at least 4 members (excludes halogenated alkanes) is 6. The molecule has 1 heterocycles. The first-order chi connectivity index (χ1) is 11.7. The molecule has 0 aliphatic carbocycles. The molecule has 0 radical (unpaired) electrons. The van der Waals surface area contributed by atoms with E-state index in [0.29, 0.717) is 6.61 Å². The highest BCUT2D eigenvalue weighted by atomic mass is 16.6. The van der Waals surface area contributed by atoms with E-state index < -0.39 is 4.92 Å². The lowest BCUT2D eigenvalue weighted by atomic mass is 10.1. The van der Waals surface area contributed by atoms with Gasteiger partial charge in [-0.2, -0.15) is 0 Å². The number of aromatic amines is 1. The quantitative estimate of drug-likeness (QED) is 0.334. The highest BCUT2D eigenvalue weighted by Crippen LogP contribution is 2.29. The number of benzene rings is 1. The third-order valence-electron chi connectivity index (χ3n) is 4.08. The Morgan fingerprint density at radius 3 is 2.67 bits per heavy atom. The van der Waals surface area contributed by atoms with Crippen molar-refractivity contribution in [1.82, 2.24) is 4.98 Å². The fourth-order valence-corrected chi connectivity index (χ4v) is 2.81. The van der Waals surface area contributed by atoms with E-state index >= 15 is 0 Å². The molecule has 1 aromatic carbocycles. The second-order valence-corrected chi connectivity index (χ2v) is 5.99. The van der Waals surface area contributed by atoms with Gasteiger partial charge in [0.05, 0.1) is 11.5 Å². The van der Waals surface area contributed by atoms with Gasteiger partial charge < -0.3 is 9.72 Å². The van der Waals surface area contributed by atoms with Crippen LogP contribution in [0.1, 0.15) is 57.4 Å². The van der Waals surface area contributed by atoms with Gasteiger partial charge in [-0.15, -0.1) is 0 Å². The molecule has 24 heavy (non-hydrogen) atoms. The van der Waals surface area contributed by atoms with E-state index in [-0.39, 0.29) is 0 Å². The number of hydrogen-bond acceptors (Lipinski definition) is 3. The van der Waals surface area contributed by atoms with Crippen molar-refractivity contribution in [3.05, 3.63) is 46.3 Å². The molecule has 130 valence electrons. The second kappa shape index (κ2) is 9.75. The number of fused-ring (bicyclic) bond motifs is 1. The van der Waals surface area contributed by atoms with Gasteiger partial charge >= 0.3 is 0 Å². The molecular formula is C19H26N2O3. The Kier molecular flexibility index (Phi) is 7.33. The smallest absolute Gasteiger partial charge is 0.235 e. The fourth-order valence-electron chi connectivity index (χ4n) is 2.81. The van der Waals surface area contributed by atoms with Gasteiger partial charge in [-0.05, 0) is 18.6 Å². The summed E-state index contributed by atoms with van der Waals surface area (Å²) in [6.07, 6.45) is 12.9. The topological polar surface area (TPSA) is 68.2 Å². The Bertz CT molecular complexity index is 676. The van der Waals surface area contributed by atoms with Crippen molar-refractivity contribution in [2.24, 2.45) is 0 Å². The van der Waals surface area contributed by atoms with Gasteiger partial charge in [0.15, 0.2) is 0 Å². The zero-order valence-corrected chi connectivity index (χ0v) is 14.3. The molecule has 0 atom stereocenters. The van der Waals surface area contributed by atoms with Gasteiger partial charge in [-0.25, -0.2) is 0 Å². The molecule has 0 bridgehead atoms. The van der Waals surface area contributed by atoms with Crippen LogP contribution in [-0.4, -0.2) is 16.5 Å². The van der Waals surface area contributed by atoms with Crippen molar-refractivity contribution in [2.45, 2.75) is 51.9 Å². The Morgan fingerprint density at radius 2 is 1.92 bits per heavy atom. The molecule has 0 amide bonds. The Hall–Kier alpha value is -2.30. The van der Waals surface area contributed by atoms with Crippen molar-refractivity contribution < 1.29 is 9.66 Å². The molecule has 5 heteroatoms. The molecule has 2 rings (SSSR count). The molecule has 0 spiro atoms. The normalized spacial score (nSPS) is 11.4. The first-order valence-electron chi connectivity index (χ1n) is 8.77. The molecule has 5 nitrogen and oxygen atoms in total. The SMILES string of the molecule is CCCCCCCCCOc1cccc2[nH]cc(/C=C/[N+](=O)[O-])c12. The molecule has 2 aromatic rings. The minimum Gasteiger partial charge on any atom is -0.493 e. The van der Waals surface area contributed by atoms with Crippen molar-refractivity contribution in [3.8, 4) is 5.75 Å². The van der Waals surface area contributed by atoms with E-state index in [1.165, 1.54) is 44.6 Å². The lowest BCUT2D eigenvalue weighted by Crippen LogP contribution is -1.98. The highest BCUT2D eigenvalue weighted by Gasteiger charge is 2.08. The predicted octanol–water partition coefficient (Wildman–Crippen LogP) is 5.54. The van der Waals surface area contributed by atoms with Gasteiger partial charge in [0, 0.05) is 28.7 Å². The summed E-state index contributed by atoms with van der Waals surface area (Å²) in [6, 6.07) is 5.79. The van der Waals surface area contributed by atoms with Crippen molar-refractivity contribution >= 4 is 17.0 Å². The van der Waals surface area contributed by atoms with Crippen LogP contribution < -0.4 is 4.74 Å². The minimum atomic E-state index is -0.457. The molecular weight excluding hydrogens is 304 g/mol. The third kappa shape index (κ3) is 5.41. The summed E-state index contributed by atoms with van der Waals surface area (Å²) in [4.78, 5) is 13.2. The lowest BCUT2D eigenvalue weighted by Gasteiger charge is -2.08. The summed E-state index contributed by atoms with van der Waals surface area (Å²) in [5.74, 6) is 0.780. The van der Waals surface area contributed by atoms with Gasteiger partial charge in [0.25, 0.3) is 0 Å². The van der Waals surface area contributed by atoms with E-state index in [9.17, 15) is 10.1 Å². The minimum absolute atomic E-state index is 0.457. The molecule has 0 aliphatic rings. The number of ether oxygens (including phenoxy) is 1. The third-order valence-corrected chi connectivity index (χ3v) is 4.08. The van der Waals surface area contributed by atoms with Crippen LogP contribution in [0.3, 0.4) is 0 Å². The average molecular weight is 330 g/mol. The largest absolute Gasteiger partial charge is 0.493 e. The van der Waals surface area contributed by atoms with Crippen LogP contribution in [0.5, 0.6) is 5.75 Å². The number of hydrogen-bond donors (Lipinski definition) is 1. The molecule has 0 unspecified atom stereocenters. The number of aromatic nitrogens is 1. The van der Waals surface area contributed by atoms with E-state index in [0.717, 1.165) is 34.8 Å². The molecule has 1 aromatic heterocycles. The van der Waals surface area contributed by atoms with Crippen LogP contribution in [0, 0.1) is 10.1 Å². The summed E-state index contributed by atoms with van der Waals surface area (Å²) in [5, 5.41) is 11.4. The van der Waals surface area contributed by atoms with E-state index in [1.54, 1.807) is 6.20 Å². The monoisotopic (exact) mass is 330 g/mol. The standard InChI is InChI=1S/C19H26N2O3/c1-2-3-4-5-6-7-8-14-24-18-11-9-10-17-19(18)16(15-20-17)12-13-21(22)23/h9-13,15,20H,2-8,14H2,1H3/b13-12+. The maximum absolute atomic E-state index is 10.5. The summed E-state index contributed by atoms with van der Waals surface area (Å²) in [5.41, 5.74) is 1.70. The number of nitrogens with one attached hydrogen (secondary N) is 1. The molecule has 0 saturated carbocycles. The average Bonchev–Trinajstić information content (AvgIpc) is 2.99. The molecule has 0 saturated heterocycles. The zero-order valence-electron chi connectivity index (χ0n) is 14.3. The fraction of sp³-hybridized carbons (Fsp3) is 0.474. The Balaban J connectivity index is 1.89. The van der Waals surface area contributed by atoms with Crippen LogP contribution in [0.15, 0.2) is 30.6 Å². The second-order valence-electron chi connectivity index (χ2n) is 5.99. The maximum atomic E-state index is 10.5. The van der Waals surface area contributed by atoms with Gasteiger partial charge in [-0.1, -0.05) is 51.5 Å². The van der Waals surface area contributed by atoms with E-state index in [1.807, 2.05) is 18.2 Å². The van der Waals surface area contributed by atoms with Gasteiger partial charge in [0.2, 0.25) is 6.20 Å². The Morgan fingerprint density at radius 1 is 1.17 bits per heavy atom. The molecule has 0 aliphatic heterocycles. The van der Waals surface area contributed by atoms with Crippen LogP contribution in [0.2, 0.25) is 0 Å². The molecule has 1 N–H and O–H groups in total. The van der Waals surface area contributed by atoms with Crippen LogP contribution in [0.4, 0.5) is 0 Å². The summed E-state index contributed by atoms with van der Waals surface area (Å²) in [7, 11) is 0. The summed E-state index contributed by atoms with van der Waals surface area (Å²) in [6.45, 7) is 2.90. The van der Waals surface area contributed by atoms with E-state index in [4.69, 9.17) is 4.74 Å². The number of rotatable bonds is 11. The molecule has 0 fully saturated rings. The number of nitrogens with zero attached hydrogens (tertiary/aromatic N) is 1. The highest BCUT2D eigenvalue weighted by molar-refractivity contribution is 5.93. The van der Waals surface area contributed by atoms with Crippen LogP contribution >= 0.6 is 0 Å². The number of nitro groups is 1. The lowest BCUT2D eigenvalue weighted by molar-refractivity contribution is -0.400. The van der Waals surface area contributed by atoms with Gasteiger partial charge in [-0.3, -0.25) is 10.1 Å². The predicted molar refractivity (Wildman–Crippen MR) is 97.8 cm³/mol. The first kappa shape index (κ1) is 18.0. The van der Waals surface area contributed by atoms with Crippen molar-refractivity contribution in [2.75, 3.05) is 6.61 Å². The van der Waals surface area contributed by atoms with E-state index in [2.05, 4.69) is 11.9 Å². The zero-order chi connectivity index (χ0) is 17.2. The number of H-pyrrole nitrogens is 1. The van der Waals surface area contributed by atoms with Crippen molar-refractivity contribution in [1.29, 1.82) is 0 Å². The maximum Gasteiger partial charge on any atom is 0.235 e. The van der Waals surface area contributed by atoms with Crippen LogP contribution in [-0.2, 0) is 0 Å². The first-order valence-corrected chi connectivity index (χ1v) is 8.77. The summed E-state index contributed by atoms with van der Waals surface area (Å²) >= 11 is 0. The Labute approximate surface area is 142 Å². The van der Waals surface area contributed by atoms with Crippen molar-refractivity contribution in [3.63, 3.8) is 0 Å². The van der Waals surface area contributed by atoms with Gasteiger partial charge in [0.1, 0.15) is 5.75 Å². The summed E-state index contributed by atoms with van der Waals surface area (Å²) < 4.78 is 5.93. The van der Waals surface area contributed by atoms with Crippen LogP contribution in [0.25, 0.3) is 17.0 Å².